The lowest BCUT2D eigenvalue weighted by atomic mass is 9.88. The van der Waals surface area contributed by atoms with Crippen LogP contribution < -0.4 is 0 Å². The summed E-state index contributed by atoms with van der Waals surface area (Å²) in [7, 11) is 0. The van der Waals surface area contributed by atoms with Crippen molar-refractivity contribution in [3.63, 3.8) is 0 Å². The van der Waals surface area contributed by atoms with Gasteiger partial charge in [-0.05, 0) is 30.0 Å². The van der Waals surface area contributed by atoms with Crippen LogP contribution in [0.4, 0.5) is 13.2 Å². The predicted molar refractivity (Wildman–Crippen MR) is 95.8 cm³/mol. The van der Waals surface area contributed by atoms with E-state index in [1.54, 1.807) is 6.07 Å². The number of aliphatic imine (C=N–C) groups is 1. The Labute approximate surface area is 157 Å². The number of nitrogens with zero attached hydrogens (tertiary/aromatic N) is 3. The van der Waals surface area contributed by atoms with Crippen LogP contribution in [0.15, 0.2) is 60.1 Å². The number of carbonyl (C=O) groups excluding carboxylic acids is 1. The Balaban J connectivity index is 2.14. The number of aliphatic hydroxyl groups is 1. The van der Waals surface area contributed by atoms with Gasteiger partial charge in [0.05, 0.1) is 5.56 Å². The molecule has 140 valence electrons. The average Bonchev–Trinajstić information content (AvgIpc) is 2.97. The van der Waals surface area contributed by atoms with Crippen molar-refractivity contribution < 1.29 is 23.1 Å². The summed E-state index contributed by atoms with van der Waals surface area (Å²) in [6.45, 7) is 3.20. The molecule has 0 saturated carbocycles. The third-order valence-electron chi connectivity index (χ3n) is 4.79. The number of hydrogen-bond donors (Lipinski definition) is 1. The van der Waals surface area contributed by atoms with Gasteiger partial charge in [-0.1, -0.05) is 24.3 Å². The third-order valence-corrected chi connectivity index (χ3v) is 4.79. The molecule has 1 aliphatic rings. The fraction of sp³-hybridized carbons (Fsp3) is 0.100. The minimum Gasteiger partial charge on any atom is -0.372 e. The monoisotopic (exact) mass is 383 g/mol. The Morgan fingerprint density at radius 2 is 1.75 bits per heavy atom. The number of amides is 1. The van der Waals surface area contributed by atoms with Crippen molar-refractivity contribution >= 4 is 12.6 Å². The average molecular weight is 383 g/mol. The van der Waals surface area contributed by atoms with Crippen LogP contribution in [0.25, 0.3) is 22.3 Å². The number of rotatable bonds is 2. The van der Waals surface area contributed by atoms with Gasteiger partial charge in [0, 0.05) is 34.6 Å². The highest BCUT2D eigenvalue weighted by molar-refractivity contribution is 6.06. The van der Waals surface area contributed by atoms with Crippen molar-refractivity contribution in [2.24, 2.45) is 4.99 Å². The Bertz CT molecular complexity index is 1110. The van der Waals surface area contributed by atoms with E-state index in [9.17, 15) is 23.1 Å². The Hall–Kier alpha value is -3.39. The van der Waals surface area contributed by atoms with Crippen molar-refractivity contribution in [3.8, 4) is 22.3 Å². The fourth-order valence-electron chi connectivity index (χ4n) is 3.55. The van der Waals surface area contributed by atoms with E-state index in [0.717, 1.165) is 0 Å². The van der Waals surface area contributed by atoms with Gasteiger partial charge in [0.15, 0.2) is 0 Å². The second-order valence-corrected chi connectivity index (χ2v) is 6.29. The molecule has 1 atom stereocenters. The van der Waals surface area contributed by atoms with E-state index in [1.807, 2.05) is 0 Å². The molecule has 1 N–H and O–H groups in total. The topological polar surface area (TPSA) is 75.4 Å². The Morgan fingerprint density at radius 1 is 1.07 bits per heavy atom. The highest BCUT2D eigenvalue weighted by Gasteiger charge is 2.61. The fourth-order valence-corrected chi connectivity index (χ4v) is 3.55. The molecule has 5 nitrogen and oxygen atoms in total. The summed E-state index contributed by atoms with van der Waals surface area (Å²) in [4.78, 5) is 23.5. The Morgan fingerprint density at radius 3 is 2.39 bits per heavy atom. The van der Waals surface area contributed by atoms with Crippen LogP contribution >= 0.6 is 0 Å². The number of halogens is 3. The summed E-state index contributed by atoms with van der Waals surface area (Å²) >= 11 is 0. The molecule has 4 rings (SSSR count). The Kier molecular flexibility index (Phi) is 3.90. The molecule has 0 radical (unpaired) electrons. The van der Waals surface area contributed by atoms with Gasteiger partial charge in [-0.15, -0.1) is 0 Å². The zero-order chi connectivity index (χ0) is 20.1. The molecule has 1 heterocycles. The molecule has 8 heteroatoms. The molecule has 1 aromatic heterocycles. The molecular formula is C20H12F3N3O2. The van der Waals surface area contributed by atoms with Crippen LogP contribution in [0.1, 0.15) is 21.5 Å². The maximum atomic E-state index is 14.1. The maximum Gasteiger partial charge on any atom is 0.425 e. The highest BCUT2D eigenvalue weighted by Crippen LogP contribution is 2.56. The second-order valence-electron chi connectivity index (χ2n) is 6.29. The number of carbonyl (C=O) groups is 1. The van der Waals surface area contributed by atoms with E-state index in [-0.39, 0.29) is 27.8 Å². The van der Waals surface area contributed by atoms with E-state index in [0.29, 0.717) is 5.56 Å². The number of alkyl halides is 3. The lowest BCUT2D eigenvalue weighted by molar-refractivity contribution is -0.246. The number of aromatic nitrogens is 2. The van der Waals surface area contributed by atoms with Crippen LogP contribution in [0.5, 0.6) is 0 Å². The first-order valence-corrected chi connectivity index (χ1v) is 8.13. The summed E-state index contributed by atoms with van der Waals surface area (Å²) in [6.07, 6.45) is -0.934. The minimum absolute atomic E-state index is 0.00609. The van der Waals surface area contributed by atoms with Gasteiger partial charge < -0.3 is 5.11 Å². The number of fused-ring (bicyclic) bond motifs is 3. The quantitative estimate of drug-likeness (QED) is 0.684. The lowest BCUT2D eigenvalue weighted by Gasteiger charge is -2.28. The van der Waals surface area contributed by atoms with Gasteiger partial charge in [0.1, 0.15) is 6.33 Å². The molecule has 1 amide bonds. The lowest BCUT2D eigenvalue weighted by Crippen LogP contribution is -2.41. The summed E-state index contributed by atoms with van der Waals surface area (Å²) in [5, 5.41) is 10.9. The first kappa shape index (κ1) is 18.0. The smallest absolute Gasteiger partial charge is 0.372 e. The highest BCUT2D eigenvalue weighted by atomic mass is 19.4. The van der Waals surface area contributed by atoms with Crippen LogP contribution in [0, 0.1) is 0 Å². The summed E-state index contributed by atoms with van der Waals surface area (Å²) in [6, 6.07) is 8.20. The minimum atomic E-state index is -5.01. The molecule has 28 heavy (non-hydrogen) atoms. The SMILES string of the molecule is C=NC(=O)c1cc(-c2cncnc2)cc2c1-c1ccccc1C2(O)C(F)(F)F. The van der Waals surface area contributed by atoms with Crippen molar-refractivity contribution in [2.45, 2.75) is 11.8 Å². The number of benzene rings is 2. The van der Waals surface area contributed by atoms with Crippen molar-refractivity contribution in [3.05, 3.63) is 71.8 Å². The van der Waals surface area contributed by atoms with Gasteiger partial charge in [0.25, 0.3) is 5.91 Å². The van der Waals surface area contributed by atoms with E-state index < -0.39 is 23.2 Å². The van der Waals surface area contributed by atoms with Gasteiger partial charge in [-0.2, -0.15) is 13.2 Å². The molecule has 0 saturated heterocycles. The zero-order valence-corrected chi connectivity index (χ0v) is 14.2. The van der Waals surface area contributed by atoms with E-state index >= 15 is 0 Å². The van der Waals surface area contributed by atoms with Crippen molar-refractivity contribution in [1.82, 2.24) is 9.97 Å². The van der Waals surface area contributed by atoms with Crippen molar-refractivity contribution in [2.75, 3.05) is 0 Å². The van der Waals surface area contributed by atoms with Crippen LogP contribution in [-0.4, -0.2) is 33.9 Å². The molecule has 3 aromatic rings. The normalized spacial score (nSPS) is 17.7. The van der Waals surface area contributed by atoms with E-state index in [1.165, 1.54) is 49.1 Å². The molecule has 0 bridgehead atoms. The predicted octanol–water partition coefficient (Wildman–Crippen LogP) is 3.76. The maximum absolute atomic E-state index is 14.1. The standard InChI is InChI=1S/C20H12F3N3O2/c1-24-18(27)14-6-11(12-8-25-10-26-9-12)7-16-17(14)13-4-2-3-5-15(13)19(16,28)20(21,22)23/h2-10,28H,1H2. The first-order chi connectivity index (χ1) is 13.3. The molecule has 0 fully saturated rings. The molecule has 1 unspecified atom stereocenters. The summed E-state index contributed by atoms with van der Waals surface area (Å²) in [5.41, 5.74) is -3.36. The van der Waals surface area contributed by atoms with E-state index in [2.05, 4.69) is 21.7 Å². The molecular weight excluding hydrogens is 371 g/mol. The summed E-state index contributed by atoms with van der Waals surface area (Å²) < 4.78 is 42.2. The molecule has 0 aliphatic heterocycles. The van der Waals surface area contributed by atoms with Crippen LogP contribution in [0.3, 0.4) is 0 Å². The van der Waals surface area contributed by atoms with Gasteiger partial charge in [0.2, 0.25) is 5.60 Å². The van der Waals surface area contributed by atoms with Crippen molar-refractivity contribution in [1.29, 1.82) is 0 Å². The molecule has 1 aliphatic carbocycles. The van der Waals surface area contributed by atoms with Gasteiger partial charge >= 0.3 is 6.18 Å². The van der Waals surface area contributed by atoms with Gasteiger partial charge in [-0.3, -0.25) is 4.79 Å². The van der Waals surface area contributed by atoms with Crippen LogP contribution in [0.2, 0.25) is 0 Å². The molecule has 2 aromatic carbocycles. The molecule has 0 spiro atoms. The van der Waals surface area contributed by atoms with E-state index in [4.69, 9.17) is 0 Å². The zero-order valence-electron chi connectivity index (χ0n) is 14.2. The van der Waals surface area contributed by atoms with Gasteiger partial charge in [-0.25, -0.2) is 15.0 Å². The largest absolute Gasteiger partial charge is 0.425 e. The first-order valence-electron chi connectivity index (χ1n) is 8.13. The third kappa shape index (κ3) is 2.38. The van der Waals surface area contributed by atoms with Crippen LogP contribution in [-0.2, 0) is 5.60 Å². The summed E-state index contributed by atoms with van der Waals surface area (Å²) in [5.74, 6) is -0.795. The number of hydrogen-bond acceptors (Lipinski definition) is 4. The second kappa shape index (κ2) is 6.07.